The van der Waals surface area contributed by atoms with Gasteiger partial charge in [-0.3, -0.25) is 0 Å². The summed E-state index contributed by atoms with van der Waals surface area (Å²) in [6.07, 6.45) is 1.77. The van der Waals surface area contributed by atoms with Crippen LogP contribution in [0, 0.1) is 5.92 Å². The van der Waals surface area contributed by atoms with Crippen molar-refractivity contribution < 1.29 is 5.11 Å². The van der Waals surface area contributed by atoms with Crippen LogP contribution in [0.2, 0.25) is 5.02 Å². The summed E-state index contributed by atoms with van der Waals surface area (Å²) in [5.74, 6) is 0.941. The molecule has 5 heteroatoms. The molecule has 1 unspecified atom stereocenters. The molecule has 0 aliphatic heterocycles. The summed E-state index contributed by atoms with van der Waals surface area (Å²) >= 11 is 5.87. The molecule has 16 heavy (non-hydrogen) atoms. The second-order valence-corrected chi connectivity index (χ2v) is 4.59. The number of fused-ring (bicyclic) bond motifs is 1. The number of pyridine rings is 1. The van der Waals surface area contributed by atoms with E-state index in [-0.39, 0.29) is 12.5 Å². The third-order valence-corrected chi connectivity index (χ3v) is 2.88. The molecule has 0 saturated heterocycles. The Balaban J connectivity index is 2.45. The lowest BCUT2D eigenvalue weighted by Gasteiger charge is -2.13. The topological polar surface area (TPSA) is 50.4 Å². The van der Waals surface area contributed by atoms with E-state index in [9.17, 15) is 5.11 Å². The van der Waals surface area contributed by atoms with E-state index in [4.69, 9.17) is 11.6 Å². The van der Waals surface area contributed by atoms with Crippen molar-refractivity contribution in [1.82, 2.24) is 14.6 Å². The molecule has 86 valence electrons. The number of rotatable bonds is 3. The van der Waals surface area contributed by atoms with Gasteiger partial charge in [0.1, 0.15) is 0 Å². The molecule has 1 atom stereocenters. The molecule has 0 aliphatic rings. The molecule has 2 aromatic rings. The molecule has 0 amide bonds. The highest BCUT2D eigenvalue weighted by Gasteiger charge is 2.19. The quantitative estimate of drug-likeness (QED) is 0.893. The van der Waals surface area contributed by atoms with Gasteiger partial charge in [-0.2, -0.15) is 5.10 Å². The fourth-order valence-corrected chi connectivity index (χ4v) is 1.78. The predicted octanol–water partition coefficient (Wildman–Crippen LogP) is 2.11. The summed E-state index contributed by atoms with van der Waals surface area (Å²) in [5.41, 5.74) is 0.710. The monoisotopic (exact) mass is 239 g/mol. The van der Waals surface area contributed by atoms with Gasteiger partial charge >= 0.3 is 0 Å². The van der Waals surface area contributed by atoms with Gasteiger partial charge in [-0.15, -0.1) is 0 Å². The van der Waals surface area contributed by atoms with Crippen molar-refractivity contribution in [2.24, 2.45) is 5.92 Å². The van der Waals surface area contributed by atoms with Gasteiger partial charge in [0.25, 0.3) is 0 Å². The third-order valence-electron chi connectivity index (χ3n) is 2.65. The summed E-state index contributed by atoms with van der Waals surface area (Å²) < 4.78 is 1.67. The molecule has 0 spiro atoms. The van der Waals surface area contributed by atoms with Crippen molar-refractivity contribution in [3.8, 4) is 0 Å². The lowest BCUT2D eigenvalue weighted by atomic mass is 9.96. The Kier molecular flexibility index (Phi) is 3.12. The maximum atomic E-state index is 9.31. The molecule has 0 aromatic carbocycles. The van der Waals surface area contributed by atoms with E-state index in [1.807, 2.05) is 13.8 Å². The first-order chi connectivity index (χ1) is 7.61. The lowest BCUT2D eigenvalue weighted by Crippen LogP contribution is -2.13. The number of aliphatic hydroxyl groups is 1. The van der Waals surface area contributed by atoms with Crippen molar-refractivity contribution in [3.05, 3.63) is 29.2 Å². The molecular formula is C11H14ClN3O. The van der Waals surface area contributed by atoms with E-state index < -0.39 is 0 Å². The normalized spacial score (nSPS) is 13.6. The Bertz CT molecular complexity index is 495. The van der Waals surface area contributed by atoms with Crippen molar-refractivity contribution in [2.75, 3.05) is 6.61 Å². The van der Waals surface area contributed by atoms with Crippen LogP contribution in [0.4, 0.5) is 0 Å². The molecule has 0 saturated carbocycles. The van der Waals surface area contributed by atoms with Gasteiger partial charge in [0.2, 0.25) is 0 Å². The number of hydrogen-bond donors (Lipinski definition) is 1. The first-order valence-electron chi connectivity index (χ1n) is 5.24. The van der Waals surface area contributed by atoms with E-state index >= 15 is 0 Å². The van der Waals surface area contributed by atoms with Crippen LogP contribution in [0.3, 0.4) is 0 Å². The summed E-state index contributed by atoms with van der Waals surface area (Å²) in [6.45, 7) is 4.14. The van der Waals surface area contributed by atoms with Crippen LogP contribution in [0.25, 0.3) is 5.65 Å². The highest BCUT2D eigenvalue weighted by molar-refractivity contribution is 6.30. The van der Waals surface area contributed by atoms with Crippen molar-refractivity contribution in [3.63, 3.8) is 0 Å². The second-order valence-electron chi connectivity index (χ2n) is 4.15. The molecule has 2 heterocycles. The van der Waals surface area contributed by atoms with Gasteiger partial charge in [0, 0.05) is 23.2 Å². The minimum absolute atomic E-state index is 0.0290. The Labute approximate surface area is 98.9 Å². The van der Waals surface area contributed by atoms with Crippen LogP contribution in [-0.2, 0) is 0 Å². The van der Waals surface area contributed by atoms with Gasteiger partial charge in [-0.05, 0) is 12.0 Å². The van der Waals surface area contributed by atoms with E-state index in [1.54, 1.807) is 22.8 Å². The van der Waals surface area contributed by atoms with Gasteiger partial charge in [-0.1, -0.05) is 25.4 Å². The number of hydrogen-bond acceptors (Lipinski definition) is 3. The molecule has 0 aliphatic carbocycles. The Hall–Kier alpha value is -1.13. The van der Waals surface area contributed by atoms with Crippen LogP contribution >= 0.6 is 11.6 Å². The van der Waals surface area contributed by atoms with E-state index in [0.29, 0.717) is 22.4 Å². The van der Waals surface area contributed by atoms with Gasteiger partial charge < -0.3 is 5.11 Å². The zero-order valence-electron chi connectivity index (χ0n) is 9.26. The van der Waals surface area contributed by atoms with E-state index in [2.05, 4.69) is 10.1 Å². The molecule has 0 radical (unpaired) electrons. The molecular weight excluding hydrogens is 226 g/mol. The zero-order valence-corrected chi connectivity index (χ0v) is 10.0. The number of nitrogens with zero attached hydrogens (tertiary/aromatic N) is 3. The smallest absolute Gasteiger partial charge is 0.157 e. The SMILES string of the molecule is CC(C)C(CO)c1nc2cc(Cl)ccn2n1. The predicted molar refractivity (Wildman–Crippen MR) is 62.7 cm³/mol. The third kappa shape index (κ3) is 2.03. The Morgan fingerprint density at radius 1 is 1.50 bits per heavy atom. The number of halogens is 1. The minimum Gasteiger partial charge on any atom is -0.396 e. The summed E-state index contributed by atoms with van der Waals surface area (Å²) in [6, 6.07) is 3.52. The molecule has 0 bridgehead atoms. The van der Waals surface area contributed by atoms with Gasteiger partial charge in [-0.25, -0.2) is 9.50 Å². The molecule has 0 fully saturated rings. The average Bonchev–Trinajstić information content (AvgIpc) is 2.60. The van der Waals surface area contributed by atoms with Crippen molar-refractivity contribution in [1.29, 1.82) is 0 Å². The molecule has 2 rings (SSSR count). The van der Waals surface area contributed by atoms with Crippen LogP contribution in [0.5, 0.6) is 0 Å². The molecule has 1 N–H and O–H groups in total. The maximum Gasteiger partial charge on any atom is 0.157 e. The van der Waals surface area contributed by atoms with Crippen LogP contribution < -0.4 is 0 Å². The summed E-state index contributed by atoms with van der Waals surface area (Å²) in [4.78, 5) is 4.37. The van der Waals surface area contributed by atoms with E-state index in [0.717, 1.165) is 0 Å². The highest BCUT2D eigenvalue weighted by atomic mass is 35.5. The van der Waals surface area contributed by atoms with Gasteiger partial charge in [0.05, 0.1) is 6.61 Å². The maximum absolute atomic E-state index is 9.31. The fourth-order valence-electron chi connectivity index (χ4n) is 1.62. The standard InChI is InChI=1S/C11H14ClN3O/c1-7(2)9(6-16)11-13-10-5-8(12)3-4-15(10)14-11/h3-5,7,9,16H,6H2,1-2H3. The summed E-state index contributed by atoms with van der Waals surface area (Å²) in [5, 5.41) is 14.3. The first-order valence-corrected chi connectivity index (χ1v) is 5.62. The number of aromatic nitrogens is 3. The van der Waals surface area contributed by atoms with Crippen LogP contribution in [0.15, 0.2) is 18.3 Å². The van der Waals surface area contributed by atoms with Gasteiger partial charge in [0.15, 0.2) is 11.5 Å². The summed E-state index contributed by atoms with van der Waals surface area (Å²) in [7, 11) is 0. The Morgan fingerprint density at radius 3 is 2.88 bits per heavy atom. The number of aliphatic hydroxyl groups excluding tert-OH is 1. The molecule has 2 aromatic heterocycles. The van der Waals surface area contributed by atoms with E-state index in [1.165, 1.54) is 0 Å². The highest BCUT2D eigenvalue weighted by Crippen LogP contribution is 2.21. The zero-order chi connectivity index (χ0) is 11.7. The van der Waals surface area contributed by atoms with Crippen molar-refractivity contribution >= 4 is 17.2 Å². The van der Waals surface area contributed by atoms with Crippen LogP contribution in [0.1, 0.15) is 25.6 Å². The van der Waals surface area contributed by atoms with Crippen molar-refractivity contribution in [2.45, 2.75) is 19.8 Å². The fraction of sp³-hybridized carbons (Fsp3) is 0.455. The first kappa shape index (κ1) is 11.4. The lowest BCUT2D eigenvalue weighted by molar-refractivity contribution is 0.232. The van der Waals surface area contributed by atoms with Crippen LogP contribution in [-0.4, -0.2) is 26.3 Å². The minimum atomic E-state index is -0.0290. The Morgan fingerprint density at radius 2 is 2.25 bits per heavy atom. The second kappa shape index (κ2) is 4.39. The molecule has 4 nitrogen and oxygen atoms in total. The largest absolute Gasteiger partial charge is 0.396 e. The average molecular weight is 240 g/mol.